The topological polar surface area (TPSA) is 121 Å². The van der Waals surface area contributed by atoms with Crippen LogP contribution < -0.4 is 16.1 Å². The number of carbonyl (C=O) groups is 3. The van der Waals surface area contributed by atoms with Gasteiger partial charge in [-0.25, -0.2) is 9.78 Å². The first kappa shape index (κ1) is 14.3. The van der Waals surface area contributed by atoms with Gasteiger partial charge in [-0.15, -0.1) is 0 Å². The molecule has 0 spiro atoms. The second-order valence-electron chi connectivity index (χ2n) is 3.94. The van der Waals surface area contributed by atoms with Crippen molar-refractivity contribution < 1.29 is 28.4 Å². The molecule has 0 aromatic carbocycles. The van der Waals surface area contributed by atoms with Gasteiger partial charge in [0.25, 0.3) is 5.19 Å². The molecule has 9 nitrogen and oxygen atoms in total. The molecule has 1 aromatic heterocycles. The minimum Gasteiger partial charge on any atom is -0.493 e. The predicted molar refractivity (Wildman–Crippen MR) is 67.4 cm³/mol. The number of aromatic nitrogens is 1. The molecular formula is C9H10BN3O6S. The SMILES string of the molecule is CN1CC(=O)OB(c2csc(OC(N)=O)n2)OC(=O)C1. The number of rotatable bonds is 2. The number of carbonyl (C=O) groups excluding carboxylic acids is 3. The molecule has 1 aromatic rings. The van der Waals surface area contributed by atoms with Gasteiger partial charge in [0.15, 0.2) is 0 Å². The van der Waals surface area contributed by atoms with Gasteiger partial charge >= 0.3 is 25.2 Å². The van der Waals surface area contributed by atoms with E-state index >= 15 is 0 Å². The number of nitrogens with zero attached hydrogens (tertiary/aromatic N) is 2. The summed E-state index contributed by atoms with van der Waals surface area (Å²) in [5.74, 6) is -1.12. The van der Waals surface area contributed by atoms with Crippen LogP contribution in [0.15, 0.2) is 5.38 Å². The Morgan fingerprint density at radius 1 is 1.45 bits per heavy atom. The number of primary amides is 1. The quantitative estimate of drug-likeness (QED) is 0.643. The largest absolute Gasteiger partial charge is 0.657 e. The highest BCUT2D eigenvalue weighted by molar-refractivity contribution is 7.12. The maximum atomic E-state index is 11.5. The third-order valence-corrected chi connectivity index (χ3v) is 2.94. The van der Waals surface area contributed by atoms with E-state index in [9.17, 15) is 14.4 Å². The molecule has 1 amide bonds. The minimum atomic E-state index is -1.26. The molecule has 20 heavy (non-hydrogen) atoms. The number of hydrogen-bond acceptors (Lipinski definition) is 9. The van der Waals surface area contributed by atoms with Crippen LogP contribution in [0, 0.1) is 0 Å². The molecule has 1 aliphatic rings. The number of likely N-dealkylation sites (N-methyl/N-ethyl adjacent to an activating group) is 1. The zero-order chi connectivity index (χ0) is 14.7. The summed E-state index contributed by atoms with van der Waals surface area (Å²) in [7, 11) is 0.329. The van der Waals surface area contributed by atoms with Crippen molar-refractivity contribution >= 4 is 42.1 Å². The van der Waals surface area contributed by atoms with Gasteiger partial charge in [0.2, 0.25) is 0 Å². The fourth-order valence-corrected chi connectivity index (χ4v) is 2.14. The van der Waals surface area contributed by atoms with Gasteiger partial charge in [-0.1, -0.05) is 11.3 Å². The van der Waals surface area contributed by atoms with Crippen molar-refractivity contribution in [3.8, 4) is 5.19 Å². The molecule has 0 bridgehead atoms. The molecule has 0 saturated carbocycles. The first-order chi connectivity index (χ1) is 9.44. The van der Waals surface area contributed by atoms with Crippen molar-refractivity contribution in [2.24, 2.45) is 5.73 Å². The Bertz CT molecular complexity index is 530. The lowest BCUT2D eigenvalue weighted by Gasteiger charge is -2.21. The first-order valence-electron chi connectivity index (χ1n) is 5.44. The lowest BCUT2D eigenvalue weighted by atomic mass is 9.85. The Labute approximate surface area is 117 Å². The summed E-state index contributed by atoms with van der Waals surface area (Å²) in [5.41, 5.74) is 5.00. The highest BCUT2D eigenvalue weighted by atomic mass is 32.1. The van der Waals surface area contributed by atoms with Crippen LogP contribution in [-0.2, 0) is 18.9 Å². The Kier molecular flexibility index (Phi) is 4.20. The zero-order valence-electron chi connectivity index (χ0n) is 10.4. The summed E-state index contributed by atoms with van der Waals surface area (Å²) >= 11 is 0.959. The summed E-state index contributed by atoms with van der Waals surface area (Å²) in [6.45, 7) is -0.0826. The van der Waals surface area contributed by atoms with E-state index in [0.29, 0.717) is 0 Å². The zero-order valence-corrected chi connectivity index (χ0v) is 11.2. The highest BCUT2D eigenvalue weighted by Crippen LogP contribution is 2.14. The lowest BCUT2D eigenvalue weighted by Crippen LogP contribution is -2.48. The van der Waals surface area contributed by atoms with Crippen LogP contribution in [0.3, 0.4) is 0 Å². The van der Waals surface area contributed by atoms with Gasteiger partial charge in [0, 0.05) is 5.38 Å². The van der Waals surface area contributed by atoms with E-state index in [1.807, 2.05) is 0 Å². The third kappa shape index (κ3) is 3.68. The predicted octanol–water partition coefficient (Wildman–Crippen LogP) is -1.67. The summed E-state index contributed by atoms with van der Waals surface area (Å²) in [6.07, 6.45) is -1.01. The monoisotopic (exact) mass is 299 g/mol. The van der Waals surface area contributed by atoms with Crippen LogP contribution in [0.5, 0.6) is 5.19 Å². The number of nitrogens with two attached hydrogens (primary N) is 1. The Morgan fingerprint density at radius 3 is 2.60 bits per heavy atom. The minimum absolute atomic E-state index is 0.0289. The summed E-state index contributed by atoms with van der Waals surface area (Å²) in [4.78, 5) is 39.0. The number of hydrogen-bond donors (Lipinski definition) is 1. The highest BCUT2D eigenvalue weighted by Gasteiger charge is 2.36. The van der Waals surface area contributed by atoms with Crippen molar-refractivity contribution in [1.29, 1.82) is 0 Å². The maximum Gasteiger partial charge on any atom is 0.657 e. The molecule has 1 fully saturated rings. The van der Waals surface area contributed by atoms with Crippen molar-refractivity contribution in [2.45, 2.75) is 0 Å². The molecule has 11 heteroatoms. The van der Waals surface area contributed by atoms with Gasteiger partial charge in [-0.3, -0.25) is 14.5 Å². The molecule has 2 heterocycles. The van der Waals surface area contributed by atoms with E-state index in [4.69, 9.17) is 15.0 Å². The van der Waals surface area contributed by atoms with Crippen LogP contribution in [0.4, 0.5) is 4.79 Å². The molecular weight excluding hydrogens is 289 g/mol. The molecule has 106 valence electrons. The van der Waals surface area contributed by atoms with E-state index < -0.39 is 25.2 Å². The Hall–Kier alpha value is -2.14. The van der Waals surface area contributed by atoms with Crippen LogP contribution in [-0.4, -0.2) is 55.2 Å². The second-order valence-corrected chi connectivity index (χ2v) is 4.76. The van der Waals surface area contributed by atoms with Gasteiger partial charge in [-0.05, 0) is 7.05 Å². The molecule has 0 aliphatic carbocycles. The van der Waals surface area contributed by atoms with Crippen LogP contribution in [0.2, 0.25) is 0 Å². The Balaban J connectivity index is 2.13. The van der Waals surface area contributed by atoms with Crippen LogP contribution >= 0.6 is 11.3 Å². The third-order valence-electron chi connectivity index (χ3n) is 2.21. The van der Waals surface area contributed by atoms with Crippen molar-refractivity contribution in [1.82, 2.24) is 9.88 Å². The molecule has 2 rings (SSSR count). The van der Waals surface area contributed by atoms with E-state index in [1.165, 1.54) is 10.3 Å². The maximum absolute atomic E-state index is 11.5. The van der Waals surface area contributed by atoms with Crippen molar-refractivity contribution in [3.05, 3.63) is 5.38 Å². The van der Waals surface area contributed by atoms with Gasteiger partial charge in [0.1, 0.15) is 5.59 Å². The molecule has 0 atom stereocenters. The average Bonchev–Trinajstić information content (AvgIpc) is 2.73. The molecule has 0 radical (unpaired) electrons. The fraction of sp³-hybridized carbons (Fsp3) is 0.333. The van der Waals surface area contributed by atoms with E-state index in [0.717, 1.165) is 11.3 Å². The van der Waals surface area contributed by atoms with Crippen molar-refractivity contribution in [2.75, 3.05) is 20.1 Å². The summed E-state index contributed by atoms with van der Waals surface area (Å²) < 4.78 is 14.5. The van der Waals surface area contributed by atoms with E-state index in [1.54, 1.807) is 7.05 Å². The van der Waals surface area contributed by atoms with Crippen LogP contribution in [0.25, 0.3) is 0 Å². The van der Waals surface area contributed by atoms with Crippen LogP contribution in [0.1, 0.15) is 0 Å². The smallest absolute Gasteiger partial charge is 0.493 e. The number of thiazole rings is 1. The lowest BCUT2D eigenvalue weighted by molar-refractivity contribution is -0.145. The normalized spacial score (nSPS) is 16.9. The van der Waals surface area contributed by atoms with E-state index in [-0.39, 0.29) is 23.9 Å². The second kappa shape index (κ2) is 5.88. The van der Waals surface area contributed by atoms with Gasteiger partial charge < -0.3 is 19.8 Å². The van der Waals surface area contributed by atoms with E-state index in [2.05, 4.69) is 9.72 Å². The number of amides is 1. The van der Waals surface area contributed by atoms with Crippen molar-refractivity contribution in [3.63, 3.8) is 0 Å². The van der Waals surface area contributed by atoms with Gasteiger partial charge in [0.05, 0.1) is 13.1 Å². The first-order valence-corrected chi connectivity index (χ1v) is 6.32. The summed E-state index contributed by atoms with van der Waals surface area (Å²) in [5, 5.41) is 1.41. The molecule has 1 saturated heterocycles. The standard InChI is InChI=1S/C9H10BN3O6S/c1-13-2-6(14)18-10(19-7(15)3-13)5-4-20-9(12-5)17-8(11)16/h4H,2-3H2,1H3,(H2,11,16). The molecule has 2 N–H and O–H groups in total. The summed E-state index contributed by atoms with van der Waals surface area (Å²) in [6, 6.07) is 0. The molecule has 1 aliphatic heterocycles. The molecule has 0 unspecified atom stereocenters. The average molecular weight is 299 g/mol. The fourth-order valence-electron chi connectivity index (χ4n) is 1.46. The Morgan fingerprint density at radius 2 is 2.05 bits per heavy atom. The van der Waals surface area contributed by atoms with Gasteiger partial charge in [-0.2, -0.15) is 0 Å². The number of ether oxygens (including phenoxy) is 1.